The van der Waals surface area contributed by atoms with Crippen LogP contribution in [0.5, 0.6) is 5.88 Å². The fourth-order valence-corrected chi connectivity index (χ4v) is 2.94. The van der Waals surface area contributed by atoms with Gasteiger partial charge in [-0.05, 0) is 30.4 Å². The largest absolute Gasteiger partial charge is 0.481 e. The van der Waals surface area contributed by atoms with Gasteiger partial charge in [0.15, 0.2) is 0 Å². The number of rotatable bonds is 5. The van der Waals surface area contributed by atoms with Crippen LogP contribution >= 0.6 is 0 Å². The SMILES string of the molecule is COCCCc1ccc2c(c1)CCn1c-2cc(OC)nc1=O. The van der Waals surface area contributed by atoms with Crippen molar-refractivity contribution in [1.29, 1.82) is 0 Å². The maximum absolute atomic E-state index is 12.1. The Labute approximate surface area is 129 Å². The third-order valence-electron chi connectivity index (χ3n) is 4.06. The molecule has 0 amide bonds. The fourth-order valence-electron chi connectivity index (χ4n) is 2.94. The zero-order valence-electron chi connectivity index (χ0n) is 13.0. The summed E-state index contributed by atoms with van der Waals surface area (Å²) in [6, 6.07) is 8.30. The van der Waals surface area contributed by atoms with E-state index in [1.165, 1.54) is 18.2 Å². The Morgan fingerprint density at radius 3 is 2.91 bits per heavy atom. The molecule has 0 atom stereocenters. The summed E-state index contributed by atoms with van der Waals surface area (Å²) in [6.45, 7) is 1.44. The van der Waals surface area contributed by atoms with Crippen molar-refractivity contribution in [2.75, 3.05) is 20.8 Å². The number of aryl methyl sites for hydroxylation is 2. The molecule has 2 heterocycles. The van der Waals surface area contributed by atoms with Gasteiger partial charge in [0, 0.05) is 31.9 Å². The molecule has 0 radical (unpaired) electrons. The molecule has 0 saturated carbocycles. The first kappa shape index (κ1) is 14.8. The van der Waals surface area contributed by atoms with Gasteiger partial charge in [-0.15, -0.1) is 0 Å². The molecular weight excluding hydrogens is 280 g/mol. The molecule has 5 nitrogen and oxygen atoms in total. The third kappa shape index (κ3) is 2.76. The van der Waals surface area contributed by atoms with Gasteiger partial charge in [-0.1, -0.05) is 18.2 Å². The zero-order chi connectivity index (χ0) is 15.5. The Hall–Kier alpha value is -2.14. The first-order valence-corrected chi connectivity index (χ1v) is 7.50. The third-order valence-corrected chi connectivity index (χ3v) is 4.06. The standard InChI is InChI=1S/C17H20N2O3/c1-21-9-3-4-12-5-6-14-13(10-12)7-8-19-15(14)11-16(22-2)18-17(19)20/h5-6,10-11H,3-4,7-9H2,1-2H3. The molecule has 1 aliphatic rings. The van der Waals surface area contributed by atoms with Crippen LogP contribution < -0.4 is 10.4 Å². The summed E-state index contributed by atoms with van der Waals surface area (Å²) in [5.41, 5.74) is 4.33. The normalized spacial score (nSPS) is 12.6. The van der Waals surface area contributed by atoms with Crippen molar-refractivity contribution >= 4 is 0 Å². The molecule has 116 valence electrons. The van der Waals surface area contributed by atoms with Gasteiger partial charge < -0.3 is 9.47 Å². The lowest BCUT2D eigenvalue weighted by Gasteiger charge is -2.22. The summed E-state index contributed by atoms with van der Waals surface area (Å²) in [7, 11) is 3.25. The number of fused-ring (bicyclic) bond motifs is 3. The summed E-state index contributed by atoms with van der Waals surface area (Å²) >= 11 is 0. The van der Waals surface area contributed by atoms with Crippen molar-refractivity contribution in [1.82, 2.24) is 9.55 Å². The lowest BCUT2D eigenvalue weighted by atomic mass is 9.94. The highest BCUT2D eigenvalue weighted by molar-refractivity contribution is 5.67. The second kappa shape index (κ2) is 6.32. The minimum Gasteiger partial charge on any atom is -0.481 e. The molecule has 1 aliphatic heterocycles. The molecule has 5 heteroatoms. The summed E-state index contributed by atoms with van der Waals surface area (Å²) in [4.78, 5) is 16.0. The van der Waals surface area contributed by atoms with Gasteiger partial charge in [0.25, 0.3) is 0 Å². The first-order chi connectivity index (χ1) is 10.7. The smallest absolute Gasteiger partial charge is 0.351 e. The van der Waals surface area contributed by atoms with Crippen LogP contribution in [0.2, 0.25) is 0 Å². The highest BCUT2D eigenvalue weighted by Gasteiger charge is 2.19. The van der Waals surface area contributed by atoms with Crippen molar-refractivity contribution in [2.24, 2.45) is 0 Å². The molecule has 0 unspecified atom stereocenters. The van der Waals surface area contributed by atoms with Crippen molar-refractivity contribution < 1.29 is 9.47 Å². The molecule has 22 heavy (non-hydrogen) atoms. The number of methoxy groups -OCH3 is 2. The molecule has 0 bridgehead atoms. The first-order valence-electron chi connectivity index (χ1n) is 7.50. The maximum atomic E-state index is 12.1. The van der Waals surface area contributed by atoms with E-state index in [9.17, 15) is 4.79 Å². The van der Waals surface area contributed by atoms with Gasteiger partial charge in [0.2, 0.25) is 5.88 Å². The lowest BCUT2D eigenvalue weighted by molar-refractivity contribution is 0.195. The molecular formula is C17H20N2O3. The number of benzene rings is 1. The van der Waals surface area contributed by atoms with Crippen LogP contribution in [0.25, 0.3) is 11.3 Å². The Bertz CT molecular complexity index is 737. The van der Waals surface area contributed by atoms with Gasteiger partial charge in [0.05, 0.1) is 12.8 Å². The van der Waals surface area contributed by atoms with E-state index in [-0.39, 0.29) is 5.69 Å². The second-order valence-corrected chi connectivity index (χ2v) is 5.46. The van der Waals surface area contributed by atoms with Crippen LogP contribution in [0.3, 0.4) is 0 Å². The zero-order valence-corrected chi connectivity index (χ0v) is 13.0. The minimum absolute atomic E-state index is 0.246. The number of aromatic nitrogens is 2. The molecule has 3 rings (SSSR count). The van der Waals surface area contributed by atoms with E-state index in [0.29, 0.717) is 12.4 Å². The molecule has 1 aromatic carbocycles. The van der Waals surface area contributed by atoms with Crippen LogP contribution in [0.15, 0.2) is 29.1 Å². The summed E-state index contributed by atoms with van der Waals surface area (Å²) in [6.07, 6.45) is 2.88. The molecule has 0 N–H and O–H groups in total. The van der Waals surface area contributed by atoms with Gasteiger partial charge in [0.1, 0.15) is 0 Å². The Morgan fingerprint density at radius 1 is 1.27 bits per heavy atom. The number of hydrogen-bond donors (Lipinski definition) is 0. The van der Waals surface area contributed by atoms with Gasteiger partial charge >= 0.3 is 5.69 Å². The Kier molecular flexibility index (Phi) is 4.24. The monoisotopic (exact) mass is 300 g/mol. The molecule has 1 aromatic heterocycles. The van der Waals surface area contributed by atoms with E-state index in [1.807, 2.05) is 6.07 Å². The van der Waals surface area contributed by atoms with E-state index < -0.39 is 0 Å². The summed E-state index contributed by atoms with van der Waals surface area (Å²) < 4.78 is 11.9. The Morgan fingerprint density at radius 2 is 2.14 bits per heavy atom. The number of nitrogens with zero attached hydrogens (tertiary/aromatic N) is 2. The van der Waals surface area contributed by atoms with Gasteiger partial charge in [-0.25, -0.2) is 4.79 Å². The van der Waals surface area contributed by atoms with Crippen LogP contribution in [0.1, 0.15) is 17.5 Å². The van der Waals surface area contributed by atoms with E-state index in [2.05, 4.69) is 23.2 Å². The van der Waals surface area contributed by atoms with Crippen molar-refractivity contribution in [3.8, 4) is 17.1 Å². The summed E-state index contributed by atoms with van der Waals surface area (Å²) in [5, 5.41) is 0. The highest BCUT2D eigenvalue weighted by atomic mass is 16.5. The van der Waals surface area contributed by atoms with E-state index in [4.69, 9.17) is 9.47 Å². The van der Waals surface area contributed by atoms with Crippen molar-refractivity contribution in [2.45, 2.75) is 25.8 Å². The average molecular weight is 300 g/mol. The molecule has 0 fully saturated rings. The van der Waals surface area contributed by atoms with Crippen LogP contribution in [0.4, 0.5) is 0 Å². The van der Waals surface area contributed by atoms with Crippen LogP contribution in [0, 0.1) is 0 Å². The van der Waals surface area contributed by atoms with E-state index in [1.54, 1.807) is 11.7 Å². The fraction of sp³-hybridized carbons (Fsp3) is 0.412. The minimum atomic E-state index is -0.246. The number of hydrogen-bond acceptors (Lipinski definition) is 4. The predicted octanol–water partition coefficient (Wildman–Crippen LogP) is 2.05. The van der Waals surface area contributed by atoms with Crippen molar-refractivity contribution in [3.63, 3.8) is 0 Å². The van der Waals surface area contributed by atoms with Crippen LogP contribution in [-0.4, -0.2) is 30.4 Å². The Balaban J connectivity index is 1.97. The highest BCUT2D eigenvalue weighted by Crippen LogP contribution is 2.30. The lowest BCUT2D eigenvalue weighted by Crippen LogP contribution is -2.28. The molecule has 0 spiro atoms. The maximum Gasteiger partial charge on any atom is 0.351 e. The van der Waals surface area contributed by atoms with Crippen molar-refractivity contribution in [3.05, 3.63) is 45.9 Å². The second-order valence-electron chi connectivity index (χ2n) is 5.46. The quantitative estimate of drug-likeness (QED) is 0.793. The summed E-state index contributed by atoms with van der Waals surface area (Å²) in [5.74, 6) is 0.369. The topological polar surface area (TPSA) is 53.4 Å². The van der Waals surface area contributed by atoms with E-state index in [0.717, 1.165) is 37.1 Å². The molecule has 0 aliphatic carbocycles. The number of ether oxygens (including phenoxy) is 2. The van der Waals surface area contributed by atoms with Gasteiger partial charge in [-0.2, -0.15) is 4.98 Å². The van der Waals surface area contributed by atoms with Gasteiger partial charge in [-0.3, -0.25) is 4.57 Å². The van der Waals surface area contributed by atoms with E-state index >= 15 is 0 Å². The predicted molar refractivity (Wildman–Crippen MR) is 84.4 cm³/mol. The molecule has 2 aromatic rings. The molecule has 0 saturated heterocycles. The van der Waals surface area contributed by atoms with Crippen LogP contribution in [-0.2, 0) is 24.1 Å². The average Bonchev–Trinajstić information content (AvgIpc) is 2.54.